The van der Waals surface area contributed by atoms with Crippen molar-refractivity contribution in [3.63, 3.8) is 0 Å². The van der Waals surface area contributed by atoms with Crippen LogP contribution in [-0.4, -0.2) is 31.1 Å². The van der Waals surface area contributed by atoms with Gasteiger partial charge in [-0.25, -0.2) is 0 Å². The second-order valence-corrected chi connectivity index (χ2v) is 5.71. The number of nitrogens with one attached hydrogen (secondary N) is 1. The van der Waals surface area contributed by atoms with Crippen LogP contribution in [-0.2, 0) is 12.8 Å². The molecular formula is C16H24N2. The predicted molar refractivity (Wildman–Crippen MR) is 75.9 cm³/mol. The lowest BCUT2D eigenvalue weighted by Gasteiger charge is -2.23. The van der Waals surface area contributed by atoms with E-state index in [1.807, 2.05) is 0 Å². The Morgan fingerprint density at radius 1 is 1.28 bits per heavy atom. The fourth-order valence-corrected chi connectivity index (χ4v) is 3.63. The van der Waals surface area contributed by atoms with E-state index in [1.54, 1.807) is 16.7 Å². The Kier molecular flexibility index (Phi) is 3.40. The van der Waals surface area contributed by atoms with Crippen molar-refractivity contribution in [3.8, 4) is 0 Å². The number of hydrogen-bond donors (Lipinski definition) is 1. The molecule has 98 valence electrons. The molecule has 0 aromatic heterocycles. The first-order valence-corrected chi connectivity index (χ1v) is 7.34. The molecule has 1 fully saturated rings. The average molecular weight is 244 g/mol. The summed E-state index contributed by atoms with van der Waals surface area (Å²) in [5, 5.41) is 3.41. The summed E-state index contributed by atoms with van der Waals surface area (Å²) in [6.45, 7) is 4.74. The Labute approximate surface area is 110 Å². The molecule has 1 unspecified atom stereocenters. The van der Waals surface area contributed by atoms with Crippen LogP contribution in [0.25, 0.3) is 0 Å². The van der Waals surface area contributed by atoms with E-state index in [-0.39, 0.29) is 0 Å². The number of hydrogen-bond acceptors (Lipinski definition) is 2. The summed E-state index contributed by atoms with van der Waals surface area (Å²) < 4.78 is 0. The van der Waals surface area contributed by atoms with E-state index in [0.29, 0.717) is 12.1 Å². The van der Waals surface area contributed by atoms with Crippen molar-refractivity contribution in [1.82, 2.24) is 10.2 Å². The molecule has 3 rings (SSSR count). The molecule has 1 N–H and O–H groups in total. The van der Waals surface area contributed by atoms with Crippen molar-refractivity contribution in [3.05, 3.63) is 34.9 Å². The van der Waals surface area contributed by atoms with E-state index in [2.05, 4.69) is 42.4 Å². The molecule has 2 atom stereocenters. The number of fused-ring (bicyclic) bond motifs is 1. The molecule has 0 spiro atoms. The highest BCUT2D eigenvalue weighted by Crippen LogP contribution is 2.34. The van der Waals surface area contributed by atoms with Crippen LogP contribution in [0.5, 0.6) is 0 Å². The van der Waals surface area contributed by atoms with Crippen LogP contribution >= 0.6 is 0 Å². The first-order chi connectivity index (χ1) is 8.81. The molecule has 0 amide bonds. The third-order valence-electron chi connectivity index (χ3n) is 4.73. The second-order valence-electron chi connectivity index (χ2n) is 5.71. The van der Waals surface area contributed by atoms with Crippen molar-refractivity contribution in [2.45, 2.75) is 44.7 Å². The van der Waals surface area contributed by atoms with E-state index in [1.165, 1.54) is 38.8 Å². The van der Waals surface area contributed by atoms with Gasteiger partial charge in [0.2, 0.25) is 0 Å². The molecule has 18 heavy (non-hydrogen) atoms. The molecule has 1 heterocycles. The Morgan fingerprint density at radius 3 is 2.89 bits per heavy atom. The third-order valence-corrected chi connectivity index (χ3v) is 4.73. The summed E-state index contributed by atoms with van der Waals surface area (Å²) in [6.07, 6.45) is 5.10. The molecular weight excluding hydrogens is 220 g/mol. The predicted octanol–water partition coefficient (Wildman–Crippen LogP) is 2.53. The second kappa shape index (κ2) is 5.02. The summed E-state index contributed by atoms with van der Waals surface area (Å²) in [5.74, 6) is 0. The molecule has 0 bridgehead atoms. The lowest BCUT2D eigenvalue weighted by Crippen LogP contribution is -2.24. The fraction of sp³-hybridized carbons (Fsp3) is 0.625. The van der Waals surface area contributed by atoms with Gasteiger partial charge in [-0.1, -0.05) is 25.1 Å². The summed E-state index contributed by atoms with van der Waals surface area (Å²) in [4.78, 5) is 2.62. The monoisotopic (exact) mass is 244 g/mol. The van der Waals surface area contributed by atoms with Crippen LogP contribution in [0.4, 0.5) is 0 Å². The van der Waals surface area contributed by atoms with Gasteiger partial charge in [-0.2, -0.15) is 0 Å². The molecule has 2 aliphatic rings. The minimum Gasteiger partial charge on any atom is -0.316 e. The number of likely N-dealkylation sites (N-methyl/N-ethyl adjacent to an activating group) is 1. The van der Waals surface area contributed by atoms with Gasteiger partial charge in [0.15, 0.2) is 0 Å². The Morgan fingerprint density at radius 2 is 2.11 bits per heavy atom. The third kappa shape index (κ3) is 2.08. The fourth-order valence-electron chi connectivity index (χ4n) is 3.63. The maximum atomic E-state index is 3.41. The summed E-state index contributed by atoms with van der Waals surface area (Å²) in [5.41, 5.74) is 4.68. The van der Waals surface area contributed by atoms with Gasteiger partial charge < -0.3 is 5.32 Å². The first kappa shape index (κ1) is 12.2. The molecule has 0 saturated carbocycles. The zero-order chi connectivity index (χ0) is 12.5. The van der Waals surface area contributed by atoms with Crippen LogP contribution < -0.4 is 5.32 Å². The molecule has 2 nitrogen and oxygen atoms in total. The number of likely N-dealkylation sites (tertiary alicyclic amines) is 1. The van der Waals surface area contributed by atoms with Crippen LogP contribution in [0.1, 0.15) is 42.5 Å². The Bertz CT molecular complexity index is 427. The van der Waals surface area contributed by atoms with Crippen LogP contribution in [0.15, 0.2) is 18.2 Å². The van der Waals surface area contributed by atoms with Crippen molar-refractivity contribution in [1.29, 1.82) is 0 Å². The lowest BCUT2D eigenvalue weighted by molar-refractivity contribution is 0.271. The van der Waals surface area contributed by atoms with Gasteiger partial charge in [0.1, 0.15) is 0 Å². The molecule has 1 aromatic rings. The molecule has 1 aliphatic heterocycles. The van der Waals surface area contributed by atoms with Gasteiger partial charge in [0.05, 0.1) is 0 Å². The standard InChI is InChI=1S/C16H24N2/c1-3-18-8-4-5-16(18)13-7-6-12-10-15(17-2)11-14(12)9-13/h6-7,9,15-17H,3-5,8,10-11H2,1-2H3/t15-,16?/m1/s1. The van der Waals surface area contributed by atoms with E-state index >= 15 is 0 Å². The summed E-state index contributed by atoms with van der Waals surface area (Å²) in [7, 11) is 2.08. The van der Waals surface area contributed by atoms with E-state index < -0.39 is 0 Å². The van der Waals surface area contributed by atoms with Crippen LogP contribution in [0.2, 0.25) is 0 Å². The lowest BCUT2D eigenvalue weighted by atomic mass is 9.99. The number of nitrogens with zero attached hydrogens (tertiary/aromatic N) is 1. The van der Waals surface area contributed by atoms with Gasteiger partial charge in [-0.3, -0.25) is 4.90 Å². The SMILES string of the molecule is CCN1CCCC1c1ccc2c(c1)C[C@H](NC)C2. The summed E-state index contributed by atoms with van der Waals surface area (Å²) >= 11 is 0. The van der Waals surface area contributed by atoms with Crippen molar-refractivity contribution >= 4 is 0 Å². The highest BCUT2D eigenvalue weighted by Gasteiger charge is 2.26. The van der Waals surface area contributed by atoms with Gasteiger partial charge in [0, 0.05) is 12.1 Å². The van der Waals surface area contributed by atoms with Crippen molar-refractivity contribution < 1.29 is 0 Å². The minimum absolute atomic E-state index is 0.654. The molecule has 0 radical (unpaired) electrons. The van der Waals surface area contributed by atoms with Crippen LogP contribution in [0.3, 0.4) is 0 Å². The van der Waals surface area contributed by atoms with E-state index in [4.69, 9.17) is 0 Å². The maximum Gasteiger partial charge on any atom is 0.0348 e. The van der Waals surface area contributed by atoms with Gasteiger partial charge in [-0.15, -0.1) is 0 Å². The average Bonchev–Trinajstić information content (AvgIpc) is 3.03. The molecule has 1 aromatic carbocycles. The van der Waals surface area contributed by atoms with E-state index in [9.17, 15) is 0 Å². The zero-order valence-corrected chi connectivity index (χ0v) is 11.6. The summed E-state index contributed by atoms with van der Waals surface area (Å²) in [6, 6.07) is 8.55. The topological polar surface area (TPSA) is 15.3 Å². The van der Waals surface area contributed by atoms with Gasteiger partial charge in [0.25, 0.3) is 0 Å². The molecule has 1 saturated heterocycles. The smallest absolute Gasteiger partial charge is 0.0348 e. The Balaban J connectivity index is 1.83. The molecule has 1 aliphatic carbocycles. The first-order valence-electron chi connectivity index (χ1n) is 7.34. The van der Waals surface area contributed by atoms with Gasteiger partial charge in [-0.05, 0) is 62.5 Å². The van der Waals surface area contributed by atoms with Crippen LogP contribution in [0, 0.1) is 0 Å². The Hall–Kier alpha value is -0.860. The number of benzene rings is 1. The quantitative estimate of drug-likeness (QED) is 0.879. The highest BCUT2D eigenvalue weighted by molar-refractivity contribution is 5.38. The normalized spacial score (nSPS) is 27.7. The number of rotatable bonds is 3. The van der Waals surface area contributed by atoms with Crippen molar-refractivity contribution in [2.75, 3.05) is 20.1 Å². The zero-order valence-electron chi connectivity index (χ0n) is 11.6. The van der Waals surface area contributed by atoms with E-state index in [0.717, 1.165) is 0 Å². The highest BCUT2D eigenvalue weighted by atomic mass is 15.2. The maximum absolute atomic E-state index is 3.41. The van der Waals surface area contributed by atoms with Crippen molar-refractivity contribution in [2.24, 2.45) is 0 Å². The minimum atomic E-state index is 0.654. The largest absolute Gasteiger partial charge is 0.316 e. The van der Waals surface area contributed by atoms with Gasteiger partial charge >= 0.3 is 0 Å². The molecule has 2 heteroatoms.